The third kappa shape index (κ3) is 4.90. The SMILES string of the molecule is Cc1ccc(C)c(OCCSCCCN)c1. The molecule has 3 heteroatoms. The van der Waals surface area contributed by atoms with Crippen molar-refractivity contribution in [3.63, 3.8) is 0 Å². The van der Waals surface area contributed by atoms with E-state index in [2.05, 4.69) is 32.0 Å². The Morgan fingerprint density at radius 3 is 2.81 bits per heavy atom. The molecule has 0 aliphatic carbocycles. The van der Waals surface area contributed by atoms with Crippen LogP contribution in [0.5, 0.6) is 5.75 Å². The summed E-state index contributed by atoms with van der Waals surface area (Å²) in [5, 5.41) is 0. The summed E-state index contributed by atoms with van der Waals surface area (Å²) in [6.07, 6.45) is 1.09. The molecule has 0 aliphatic rings. The van der Waals surface area contributed by atoms with Crippen LogP contribution < -0.4 is 10.5 Å². The summed E-state index contributed by atoms with van der Waals surface area (Å²) < 4.78 is 5.75. The van der Waals surface area contributed by atoms with Crippen molar-refractivity contribution >= 4 is 11.8 Å². The van der Waals surface area contributed by atoms with Gasteiger partial charge in [0.1, 0.15) is 5.75 Å². The predicted octanol–water partition coefficient (Wildman–Crippen LogP) is 2.76. The topological polar surface area (TPSA) is 35.2 Å². The van der Waals surface area contributed by atoms with E-state index in [1.165, 1.54) is 11.1 Å². The van der Waals surface area contributed by atoms with Crippen LogP contribution in [0.15, 0.2) is 18.2 Å². The first-order valence-electron chi connectivity index (χ1n) is 5.72. The maximum absolute atomic E-state index is 5.75. The molecule has 0 fully saturated rings. The highest BCUT2D eigenvalue weighted by Crippen LogP contribution is 2.19. The zero-order chi connectivity index (χ0) is 11.8. The van der Waals surface area contributed by atoms with E-state index in [0.29, 0.717) is 0 Å². The van der Waals surface area contributed by atoms with Gasteiger partial charge in [-0.05, 0) is 49.8 Å². The van der Waals surface area contributed by atoms with Gasteiger partial charge in [-0.1, -0.05) is 12.1 Å². The van der Waals surface area contributed by atoms with Crippen LogP contribution >= 0.6 is 11.8 Å². The molecule has 0 atom stereocenters. The van der Waals surface area contributed by atoms with E-state index in [0.717, 1.165) is 36.8 Å². The first-order valence-corrected chi connectivity index (χ1v) is 6.87. The Labute approximate surface area is 103 Å². The van der Waals surface area contributed by atoms with Crippen LogP contribution in [0.2, 0.25) is 0 Å². The van der Waals surface area contributed by atoms with Crippen molar-refractivity contribution in [1.29, 1.82) is 0 Å². The molecule has 0 aromatic heterocycles. The number of hydrogen-bond acceptors (Lipinski definition) is 3. The van der Waals surface area contributed by atoms with Gasteiger partial charge in [-0.2, -0.15) is 11.8 Å². The molecule has 0 heterocycles. The summed E-state index contributed by atoms with van der Waals surface area (Å²) in [5.41, 5.74) is 7.88. The van der Waals surface area contributed by atoms with Crippen molar-refractivity contribution in [1.82, 2.24) is 0 Å². The van der Waals surface area contributed by atoms with E-state index in [4.69, 9.17) is 10.5 Å². The van der Waals surface area contributed by atoms with Crippen LogP contribution in [-0.2, 0) is 0 Å². The fourth-order valence-electron chi connectivity index (χ4n) is 1.36. The summed E-state index contributed by atoms with van der Waals surface area (Å²) in [4.78, 5) is 0. The van der Waals surface area contributed by atoms with Gasteiger partial charge in [0.25, 0.3) is 0 Å². The van der Waals surface area contributed by atoms with Crippen molar-refractivity contribution in [2.75, 3.05) is 24.7 Å². The number of thioether (sulfide) groups is 1. The van der Waals surface area contributed by atoms with Crippen LogP contribution in [0.25, 0.3) is 0 Å². The number of aryl methyl sites for hydroxylation is 2. The lowest BCUT2D eigenvalue weighted by atomic mass is 10.1. The second kappa shape index (κ2) is 7.58. The maximum Gasteiger partial charge on any atom is 0.122 e. The third-order valence-electron chi connectivity index (χ3n) is 2.32. The normalized spacial score (nSPS) is 10.4. The summed E-state index contributed by atoms with van der Waals surface area (Å²) >= 11 is 1.90. The molecule has 0 saturated heterocycles. The molecule has 0 amide bonds. The standard InChI is InChI=1S/C13H21NOS/c1-11-4-5-12(2)13(10-11)15-7-9-16-8-3-6-14/h4-5,10H,3,6-9,14H2,1-2H3. The van der Waals surface area contributed by atoms with E-state index >= 15 is 0 Å². The zero-order valence-corrected chi connectivity index (χ0v) is 11.0. The number of hydrogen-bond donors (Lipinski definition) is 1. The van der Waals surface area contributed by atoms with E-state index in [9.17, 15) is 0 Å². The Morgan fingerprint density at radius 2 is 2.06 bits per heavy atom. The Bertz CT molecular complexity index is 315. The van der Waals surface area contributed by atoms with Crippen LogP contribution in [-0.4, -0.2) is 24.7 Å². The fraction of sp³-hybridized carbons (Fsp3) is 0.538. The van der Waals surface area contributed by atoms with Crippen molar-refractivity contribution < 1.29 is 4.74 Å². The molecule has 2 N–H and O–H groups in total. The van der Waals surface area contributed by atoms with Gasteiger partial charge in [-0.3, -0.25) is 0 Å². The minimum atomic E-state index is 0.777. The predicted molar refractivity (Wildman–Crippen MR) is 72.4 cm³/mol. The van der Waals surface area contributed by atoms with Crippen molar-refractivity contribution in [3.8, 4) is 5.75 Å². The number of rotatable bonds is 7. The molecular weight excluding hydrogens is 218 g/mol. The highest BCUT2D eigenvalue weighted by atomic mass is 32.2. The fourth-order valence-corrected chi connectivity index (χ4v) is 2.14. The summed E-state index contributed by atoms with van der Waals surface area (Å²) in [6, 6.07) is 6.31. The molecule has 0 unspecified atom stereocenters. The molecular formula is C13H21NOS. The van der Waals surface area contributed by atoms with E-state index in [1.54, 1.807) is 0 Å². The van der Waals surface area contributed by atoms with Crippen LogP contribution in [0.4, 0.5) is 0 Å². The molecule has 0 saturated carbocycles. The van der Waals surface area contributed by atoms with Crippen LogP contribution in [0.3, 0.4) is 0 Å². The molecule has 0 bridgehead atoms. The molecule has 0 spiro atoms. The van der Waals surface area contributed by atoms with Gasteiger partial charge in [-0.25, -0.2) is 0 Å². The van der Waals surface area contributed by atoms with Gasteiger partial charge in [0, 0.05) is 5.75 Å². The second-order valence-electron chi connectivity index (χ2n) is 3.87. The molecule has 0 aliphatic heterocycles. The third-order valence-corrected chi connectivity index (χ3v) is 3.35. The lowest BCUT2D eigenvalue weighted by Gasteiger charge is -2.09. The smallest absolute Gasteiger partial charge is 0.122 e. The average Bonchev–Trinajstić information content (AvgIpc) is 2.28. The Hall–Kier alpha value is -0.670. The lowest BCUT2D eigenvalue weighted by Crippen LogP contribution is -2.04. The van der Waals surface area contributed by atoms with Crippen molar-refractivity contribution in [2.24, 2.45) is 5.73 Å². The van der Waals surface area contributed by atoms with Crippen LogP contribution in [0.1, 0.15) is 17.5 Å². The molecule has 1 aromatic carbocycles. The van der Waals surface area contributed by atoms with Crippen molar-refractivity contribution in [2.45, 2.75) is 20.3 Å². The largest absolute Gasteiger partial charge is 0.492 e. The molecule has 90 valence electrons. The van der Waals surface area contributed by atoms with Crippen LogP contribution in [0, 0.1) is 13.8 Å². The summed E-state index contributed by atoms with van der Waals surface area (Å²) in [7, 11) is 0. The van der Waals surface area contributed by atoms with E-state index in [1.807, 2.05) is 11.8 Å². The monoisotopic (exact) mass is 239 g/mol. The van der Waals surface area contributed by atoms with Gasteiger partial charge < -0.3 is 10.5 Å². The minimum Gasteiger partial charge on any atom is -0.492 e. The molecule has 16 heavy (non-hydrogen) atoms. The number of ether oxygens (including phenoxy) is 1. The van der Waals surface area contributed by atoms with Gasteiger partial charge in [0.2, 0.25) is 0 Å². The molecule has 0 radical (unpaired) electrons. The van der Waals surface area contributed by atoms with Gasteiger partial charge in [-0.15, -0.1) is 0 Å². The Balaban J connectivity index is 2.23. The quantitative estimate of drug-likeness (QED) is 0.743. The molecule has 1 rings (SSSR count). The zero-order valence-electron chi connectivity index (χ0n) is 10.2. The van der Waals surface area contributed by atoms with E-state index in [-0.39, 0.29) is 0 Å². The average molecular weight is 239 g/mol. The van der Waals surface area contributed by atoms with E-state index < -0.39 is 0 Å². The Kier molecular flexibility index (Phi) is 6.34. The number of benzene rings is 1. The lowest BCUT2D eigenvalue weighted by molar-refractivity contribution is 0.341. The Morgan fingerprint density at radius 1 is 1.25 bits per heavy atom. The van der Waals surface area contributed by atoms with Gasteiger partial charge in [0.05, 0.1) is 6.61 Å². The van der Waals surface area contributed by atoms with Gasteiger partial charge in [0.15, 0.2) is 0 Å². The first-order chi connectivity index (χ1) is 7.74. The summed E-state index contributed by atoms with van der Waals surface area (Å²) in [6.45, 7) is 5.73. The second-order valence-corrected chi connectivity index (χ2v) is 5.10. The maximum atomic E-state index is 5.75. The first kappa shape index (κ1) is 13.4. The van der Waals surface area contributed by atoms with Gasteiger partial charge >= 0.3 is 0 Å². The molecule has 1 aromatic rings. The summed E-state index contributed by atoms with van der Waals surface area (Å²) in [5.74, 6) is 3.18. The van der Waals surface area contributed by atoms with Crippen molar-refractivity contribution in [3.05, 3.63) is 29.3 Å². The highest BCUT2D eigenvalue weighted by molar-refractivity contribution is 7.99. The highest BCUT2D eigenvalue weighted by Gasteiger charge is 1.99. The molecule has 2 nitrogen and oxygen atoms in total. The minimum absolute atomic E-state index is 0.777. The number of nitrogens with two attached hydrogens (primary N) is 1.